The summed E-state index contributed by atoms with van der Waals surface area (Å²) in [6.45, 7) is 10.2. The molecule has 96 valence electrons. The van der Waals surface area contributed by atoms with Crippen molar-refractivity contribution >= 4 is 6.09 Å². The van der Waals surface area contributed by atoms with Crippen LogP contribution in [0.5, 0.6) is 0 Å². The van der Waals surface area contributed by atoms with Gasteiger partial charge >= 0.3 is 6.09 Å². The smallest absolute Gasteiger partial charge is 0.424 e. The molecule has 0 fully saturated rings. The minimum absolute atomic E-state index is 0.264. The third-order valence-corrected chi connectivity index (χ3v) is 2.25. The number of ether oxygens (including phenoxy) is 1. The van der Waals surface area contributed by atoms with E-state index in [9.17, 15) is 4.79 Å². The molecule has 0 aromatic rings. The van der Waals surface area contributed by atoms with Crippen molar-refractivity contribution in [2.45, 2.75) is 47.0 Å². The van der Waals surface area contributed by atoms with Gasteiger partial charge in [0.2, 0.25) is 0 Å². The van der Waals surface area contributed by atoms with Gasteiger partial charge in [0.05, 0.1) is 6.61 Å². The van der Waals surface area contributed by atoms with Crippen molar-refractivity contribution in [1.29, 1.82) is 0 Å². The third kappa shape index (κ3) is 7.51. The Hall–Kier alpha value is -0.770. The summed E-state index contributed by atoms with van der Waals surface area (Å²) in [7, 11) is 0. The highest BCUT2D eigenvalue weighted by molar-refractivity contribution is 5.66. The Kier molecular flexibility index (Phi) is 9.00. The largest absolute Gasteiger partial charge is 0.449 e. The van der Waals surface area contributed by atoms with Gasteiger partial charge in [0.1, 0.15) is 0 Å². The highest BCUT2D eigenvalue weighted by Crippen LogP contribution is 1.99. The van der Waals surface area contributed by atoms with E-state index in [1.54, 1.807) is 5.01 Å². The lowest BCUT2D eigenvalue weighted by Gasteiger charge is -2.22. The van der Waals surface area contributed by atoms with Gasteiger partial charge in [-0.2, -0.15) is 0 Å². The molecule has 0 aliphatic heterocycles. The molecule has 0 saturated carbocycles. The predicted octanol–water partition coefficient (Wildman–Crippen LogP) is 2.80. The van der Waals surface area contributed by atoms with Crippen LogP contribution >= 0.6 is 0 Å². The summed E-state index contributed by atoms with van der Waals surface area (Å²) in [6, 6.07) is 0. The molecule has 0 aliphatic rings. The molecule has 0 saturated heterocycles. The summed E-state index contributed by atoms with van der Waals surface area (Å²) in [5.41, 5.74) is 3.13. The van der Waals surface area contributed by atoms with Crippen molar-refractivity contribution in [2.24, 2.45) is 5.92 Å². The second-order valence-electron chi connectivity index (χ2n) is 4.29. The maximum Gasteiger partial charge on any atom is 0.424 e. The SMILES string of the molecule is CCCCN(NCCC(C)C)C(=O)OCC. The first-order chi connectivity index (χ1) is 7.61. The highest BCUT2D eigenvalue weighted by atomic mass is 16.6. The number of unbranched alkanes of at least 4 members (excludes halogenated alkanes) is 1. The van der Waals surface area contributed by atoms with Gasteiger partial charge in [-0.1, -0.05) is 27.2 Å². The molecule has 0 aromatic heterocycles. The molecule has 0 radical (unpaired) electrons. The lowest BCUT2D eigenvalue weighted by Crippen LogP contribution is -2.44. The quantitative estimate of drug-likeness (QED) is 0.652. The standard InChI is InChI=1S/C12H26N2O2/c1-5-7-10-14(12(15)16-6-2)13-9-8-11(3)4/h11,13H,5-10H2,1-4H3. The summed E-state index contributed by atoms with van der Waals surface area (Å²) >= 11 is 0. The van der Waals surface area contributed by atoms with Crippen LogP contribution in [0, 0.1) is 5.92 Å². The van der Waals surface area contributed by atoms with Crippen LogP contribution in [0.2, 0.25) is 0 Å². The zero-order valence-corrected chi connectivity index (χ0v) is 11.1. The minimum Gasteiger partial charge on any atom is -0.449 e. The fourth-order valence-electron chi connectivity index (χ4n) is 1.24. The summed E-state index contributed by atoms with van der Waals surface area (Å²) in [5.74, 6) is 0.641. The van der Waals surface area contributed by atoms with Gasteiger partial charge in [-0.15, -0.1) is 0 Å². The van der Waals surface area contributed by atoms with Gasteiger partial charge in [-0.25, -0.2) is 15.2 Å². The number of hydrogen-bond donors (Lipinski definition) is 1. The Bertz CT molecular complexity index is 184. The second kappa shape index (κ2) is 9.46. The van der Waals surface area contributed by atoms with Crippen LogP contribution in [0.4, 0.5) is 4.79 Å². The maximum absolute atomic E-state index is 11.6. The van der Waals surface area contributed by atoms with E-state index >= 15 is 0 Å². The minimum atomic E-state index is -0.264. The molecule has 0 spiro atoms. The number of hydrazine groups is 1. The van der Waals surface area contributed by atoms with E-state index in [1.165, 1.54) is 0 Å². The molecule has 1 amide bonds. The number of amides is 1. The zero-order valence-electron chi connectivity index (χ0n) is 11.1. The fourth-order valence-corrected chi connectivity index (χ4v) is 1.24. The Morgan fingerprint density at radius 1 is 1.38 bits per heavy atom. The van der Waals surface area contributed by atoms with Crippen molar-refractivity contribution < 1.29 is 9.53 Å². The maximum atomic E-state index is 11.6. The zero-order chi connectivity index (χ0) is 12.4. The van der Waals surface area contributed by atoms with Crippen molar-refractivity contribution in [3.63, 3.8) is 0 Å². The molecule has 0 aromatic carbocycles. The average Bonchev–Trinajstić information content (AvgIpc) is 2.22. The predicted molar refractivity (Wildman–Crippen MR) is 66.1 cm³/mol. The van der Waals surface area contributed by atoms with Crippen molar-refractivity contribution in [3.05, 3.63) is 0 Å². The van der Waals surface area contributed by atoms with Gasteiger partial charge in [0, 0.05) is 13.1 Å². The summed E-state index contributed by atoms with van der Waals surface area (Å²) in [4.78, 5) is 11.6. The molecular formula is C12H26N2O2. The lowest BCUT2D eigenvalue weighted by molar-refractivity contribution is 0.0849. The summed E-state index contributed by atoms with van der Waals surface area (Å²) < 4.78 is 4.98. The molecule has 0 heterocycles. The molecule has 0 aliphatic carbocycles. The Morgan fingerprint density at radius 3 is 2.56 bits per heavy atom. The molecule has 4 heteroatoms. The van der Waals surface area contributed by atoms with Crippen LogP contribution in [0.15, 0.2) is 0 Å². The number of hydrogen-bond acceptors (Lipinski definition) is 3. The van der Waals surface area contributed by atoms with Crippen LogP contribution in [0.3, 0.4) is 0 Å². The topological polar surface area (TPSA) is 41.6 Å². The Morgan fingerprint density at radius 2 is 2.06 bits per heavy atom. The van der Waals surface area contributed by atoms with E-state index in [0.717, 1.165) is 25.8 Å². The fraction of sp³-hybridized carbons (Fsp3) is 0.917. The highest BCUT2D eigenvalue weighted by Gasteiger charge is 2.12. The van der Waals surface area contributed by atoms with E-state index in [-0.39, 0.29) is 6.09 Å². The van der Waals surface area contributed by atoms with Crippen LogP contribution in [0.25, 0.3) is 0 Å². The average molecular weight is 230 g/mol. The molecule has 16 heavy (non-hydrogen) atoms. The number of carbonyl (C=O) groups excluding carboxylic acids is 1. The molecule has 0 bridgehead atoms. The number of nitrogens with zero attached hydrogens (tertiary/aromatic N) is 1. The third-order valence-electron chi connectivity index (χ3n) is 2.25. The monoisotopic (exact) mass is 230 g/mol. The first kappa shape index (κ1) is 15.2. The van der Waals surface area contributed by atoms with Gasteiger partial charge in [0.25, 0.3) is 0 Å². The second-order valence-corrected chi connectivity index (χ2v) is 4.29. The van der Waals surface area contributed by atoms with Gasteiger partial charge in [-0.3, -0.25) is 0 Å². The van der Waals surface area contributed by atoms with Crippen molar-refractivity contribution in [3.8, 4) is 0 Å². The lowest BCUT2D eigenvalue weighted by atomic mass is 10.1. The molecule has 0 atom stereocenters. The van der Waals surface area contributed by atoms with E-state index in [2.05, 4.69) is 26.2 Å². The first-order valence-electron chi connectivity index (χ1n) is 6.29. The number of carbonyl (C=O) groups is 1. The molecule has 1 N–H and O–H groups in total. The van der Waals surface area contributed by atoms with E-state index in [0.29, 0.717) is 19.1 Å². The van der Waals surface area contributed by atoms with Crippen molar-refractivity contribution in [2.75, 3.05) is 19.7 Å². The molecule has 4 nitrogen and oxygen atoms in total. The Balaban J connectivity index is 3.94. The first-order valence-corrected chi connectivity index (χ1v) is 6.29. The van der Waals surface area contributed by atoms with Crippen LogP contribution in [-0.2, 0) is 4.74 Å². The molecular weight excluding hydrogens is 204 g/mol. The van der Waals surface area contributed by atoms with E-state index < -0.39 is 0 Å². The van der Waals surface area contributed by atoms with Crippen LogP contribution in [-0.4, -0.2) is 30.8 Å². The van der Waals surface area contributed by atoms with Gasteiger partial charge < -0.3 is 4.74 Å². The van der Waals surface area contributed by atoms with Gasteiger partial charge in [-0.05, 0) is 25.7 Å². The van der Waals surface area contributed by atoms with Crippen molar-refractivity contribution in [1.82, 2.24) is 10.4 Å². The van der Waals surface area contributed by atoms with E-state index in [1.807, 2.05) is 6.92 Å². The molecule has 0 rings (SSSR count). The Labute approximate surface area is 99.3 Å². The summed E-state index contributed by atoms with van der Waals surface area (Å²) in [5, 5.41) is 1.59. The van der Waals surface area contributed by atoms with Crippen LogP contribution in [0.1, 0.15) is 47.0 Å². The number of rotatable bonds is 8. The van der Waals surface area contributed by atoms with Crippen LogP contribution < -0.4 is 5.43 Å². The van der Waals surface area contributed by atoms with Gasteiger partial charge in [0.15, 0.2) is 0 Å². The van der Waals surface area contributed by atoms with E-state index in [4.69, 9.17) is 4.74 Å². The number of nitrogens with one attached hydrogen (secondary N) is 1. The normalized spacial score (nSPS) is 10.6. The summed E-state index contributed by atoms with van der Waals surface area (Å²) in [6.07, 6.45) is 2.86. The molecule has 0 unspecified atom stereocenters.